The number of aliphatic hydroxyl groups is 1. The molecule has 1 saturated heterocycles. The van der Waals surface area contributed by atoms with Gasteiger partial charge in [-0.15, -0.1) is 0 Å². The van der Waals surface area contributed by atoms with Gasteiger partial charge in [-0.3, -0.25) is 9.59 Å². The Morgan fingerprint density at radius 2 is 1.83 bits per heavy atom. The van der Waals surface area contributed by atoms with E-state index >= 15 is 0 Å². The van der Waals surface area contributed by atoms with E-state index in [1.807, 2.05) is 56.3 Å². The van der Waals surface area contributed by atoms with E-state index in [-0.39, 0.29) is 11.3 Å². The number of carbonyl (C=O) groups excluding carboxylic acids is 2. The van der Waals surface area contributed by atoms with Crippen LogP contribution >= 0.6 is 0 Å². The van der Waals surface area contributed by atoms with Crippen LogP contribution < -0.4 is 4.74 Å². The van der Waals surface area contributed by atoms with Crippen LogP contribution in [-0.4, -0.2) is 60.9 Å². The summed E-state index contributed by atoms with van der Waals surface area (Å²) in [6.07, 6.45) is 0.727. The second kappa shape index (κ2) is 9.13. The maximum atomic E-state index is 13.0. The van der Waals surface area contributed by atoms with Gasteiger partial charge in [-0.05, 0) is 63.3 Å². The van der Waals surface area contributed by atoms with Crippen molar-refractivity contribution in [3.05, 3.63) is 70.8 Å². The van der Waals surface area contributed by atoms with Crippen molar-refractivity contribution < 1.29 is 19.4 Å². The first-order valence-corrected chi connectivity index (χ1v) is 9.98. The van der Waals surface area contributed by atoms with Crippen molar-refractivity contribution in [2.75, 3.05) is 34.3 Å². The molecule has 30 heavy (non-hydrogen) atoms. The largest absolute Gasteiger partial charge is 0.507 e. The smallest absolute Gasteiger partial charge is 0.295 e. The summed E-state index contributed by atoms with van der Waals surface area (Å²) in [5.74, 6) is -0.720. The molecule has 0 aliphatic carbocycles. The Morgan fingerprint density at radius 1 is 1.13 bits per heavy atom. The highest BCUT2D eigenvalue weighted by molar-refractivity contribution is 6.46. The summed E-state index contributed by atoms with van der Waals surface area (Å²) in [7, 11) is 5.51. The lowest BCUT2D eigenvalue weighted by molar-refractivity contribution is -0.139. The normalized spacial score (nSPS) is 18.3. The number of hydrogen-bond donors (Lipinski definition) is 1. The number of carbonyl (C=O) groups is 2. The van der Waals surface area contributed by atoms with Gasteiger partial charge in [0.1, 0.15) is 11.5 Å². The predicted molar refractivity (Wildman–Crippen MR) is 116 cm³/mol. The molecule has 1 atom stereocenters. The van der Waals surface area contributed by atoms with Crippen LogP contribution in [0.4, 0.5) is 0 Å². The van der Waals surface area contributed by atoms with Crippen LogP contribution in [0.25, 0.3) is 5.76 Å². The Morgan fingerprint density at radius 3 is 2.43 bits per heavy atom. The average Bonchev–Trinajstić information content (AvgIpc) is 2.98. The van der Waals surface area contributed by atoms with Gasteiger partial charge in [-0.25, -0.2) is 0 Å². The predicted octanol–water partition coefficient (Wildman–Crippen LogP) is 3.38. The van der Waals surface area contributed by atoms with Gasteiger partial charge in [0.05, 0.1) is 18.7 Å². The van der Waals surface area contributed by atoms with Crippen molar-refractivity contribution in [3.63, 3.8) is 0 Å². The molecule has 3 rings (SSSR count). The Labute approximate surface area is 177 Å². The fourth-order valence-corrected chi connectivity index (χ4v) is 3.82. The summed E-state index contributed by atoms with van der Waals surface area (Å²) >= 11 is 0. The van der Waals surface area contributed by atoms with E-state index in [4.69, 9.17) is 4.74 Å². The van der Waals surface area contributed by atoms with Crippen molar-refractivity contribution in [1.82, 2.24) is 9.80 Å². The first-order chi connectivity index (χ1) is 14.3. The molecule has 1 N–H and O–H groups in total. The fraction of sp³-hybridized carbons (Fsp3) is 0.333. The van der Waals surface area contributed by atoms with Gasteiger partial charge in [-0.1, -0.05) is 30.3 Å². The topological polar surface area (TPSA) is 70.1 Å². The minimum Gasteiger partial charge on any atom is -0.507 e. The molecule has 1 aliphatic heterocycles. The third-order valence-electron chi connectivity index (χ3n) is 5.35. The zero-order chi connectivity index (χ0) is 21.8. The molecule has 0 spiro atoms. The monoisotopic (exact) mass is 408 g/mol. The number of rotatable bonds is 7. The number of methoxy groups -OCH3 is 1. The van der Waals surface area contributed by atoms with Crippen molar-refractivity contribution in [1.29, 1.82) is 0 Å². The summed E-state index contributed by atoms with van der Waals surface area (Å²) < 4.78 is 5.23. The maximum Gasteiger partial charge on any atom is 0.295 e. The van der Waals surface area contributed by atoms with Crippen molar-refractivity contribution in [2.24, 2.45) is 0 Å². The molecule has 2 aromatic rings. The summed E-state index contributed by atoms with van der Waals surface area (Å²) in [4.78, 5) is 29.5. The van der Waals surface area contributed by atoms with Crippen molar-refractivity contribution >= 4 is 17.4 Å². The lowest BCUT2D eigenvalue weighted by atomic mass is 9.94. The van der Waals surface area contributed by atoms with Crippen LogP contribution in [0.1, 0.15) is 29.2 Å². The number of hydrogen-bond acceptors (Lipinski definition) is 5. The van der Waals surface area contributed by atoms with E-state index in [1.165, 1.54) is 0 Å². The molecule has 0 bridgehead atoms. The Bertz CT molecular complexity index is 966. The van der Waals surface area contributed by atoms with Gasteiger partial charge in [0.25, 0.3) is 11.7 Å². The van der Waals surface area contributed by atoms with Crippen LogP contribution in [0.5, 0.6) is 5.75 Å². The zero-order valence-corrected chi connectivity index (χ0v) is 17.9. The van der Waals surface area contributed by atoms with E-state index in [9.17, 15) is 14.7 Å². The van der Waals surface area contributed by atoms with Gasteiger partial charge >= 0.3 is 0 Å². The van der Waals surface area contributed by atoms with Crippen LogP contribution in [-0.2, 0) is 9.59 Å². The molecule has 2 aromatic carbocycles. The van der Waals surface area contributed by atoms with Gasteiger partial charge in [0, 0.05) is 12.1 Å². The van der Waals surface area contributed by atoms with Crippen molar-refractivity contribution in [2.45, 2.75) is 19.4 Å². The molecule has 0 aromatic heterocycles. The van der Waals surface area contributed by atoms with Crippen LogP contribution in [0.3, 0.4) is 0 Å². The van der Waals surface area contributed by atoms with Gasteiger partial charge in [-0.2, -0.15) is 0 Å². The fourth-order valence-electron chi connectivity index (χ4n) is 3.82. The molecule has 0 saturated carbocycles. The third-order valence-corrected chi connectivity index (χ3v) is 5.35. The molecule has 0 radical (unpaired) electrons. The highest BCUT2D eigenvalue weighted by Crippen LogP contribution is 2.40. The molecule has 1 amide bonds. The molecule has 1 aliphatic rings. The molecule has 1 fully saturated rings. The van der Waals surface area contributed by atoms with E-state index in [0.29, 0.717) is 17.9 Å². The lowest BCUT2D eigenvalue weighted by Gasteiger charge is -2.26. The highest BCUT2D eigenvalue weighted by atomic mass is 16.5. The minimum absolute atomic E-state index is 0.129. The summed E-state index contributed by atoms with van der Waals surface area (Å²) in [6.45, 7) is 3.06. The second-order valence-electron chi connectivity index (χ2n) is 7.74. The molecular formula is C24H28N2O4. The van der Waals surface area contributed by atoms with Crippen LogP contribution in [0, 0.1) is 6.92 Å². The average molecular weight is 408 g/mol. The van der Waals surface area contributed by atoms with Gasteiger partial charge in [0.2, 0.25) is 0 Å². The van der Waals surface area contributed by atoms with E-state index in [1.54, 1.807) is 30.2 Å². The molecule has 6 nitrogen and oxygen atoms in total. The highest BCUT2D eigenvalue weighted by Gasteiger charge is 2.45. The number of ketones is 1. The number of aryl methyl sites for hydroxylation is 1. The summed E-state index contributed by atoms with van der Waals surface area (Å²) in [6, 6.07) is 14.0. The number of Topliss-reactive ketones (excluding diaryl/α,β-unsaturated/α-hetero) is 1. The Kier molecular flexibility index (Phi) is 6.57. The number of likely N-dealkylation sites (tertiary alicyclic amines) is 1. The molecule has 6 heteroatoms. The Hall–Kier alpha value is -3.12. The second-order valence-corrected chi connectivity index (χ2v) is 7.74. The molecule has 1 heterocycles. The summed E-state index contributed by atoms with van der Waals surface area (Å²) in [5.41, 5.74) is 2.21. The molecule has 0 unspecified atom stereocenters. The molecular weight excluding hydrogens is 380 g/mol. The maximum absolute atomic E-state index is 13.0. The van der Waals surface area contributed by atoms with Gasteiger partial charge in [0.15, 0.2) is 0 Å². The number of benzene rings is 2. The quantitative estimate of drug-likeness (QED) is 0.432. The molecule has 158 valence electrons. The van der Waals surface area contributed by atoms with E-state index < -0.39 is 17.7 Å². The number of aliphatic hydroxyl groups excluding tert-OH is 1. The van der Waals surface area contributed by atoms with Gasteiger partial charge < -0.3 is 19.6 Å². The standard InChI is InChI=1S/C24H28N2O4/c1-16-15-18(30-4)11-12-19(16)22(27)20-21(17-9-6-5-7-10-17)26(24(29)23(20)28)14-8-13-25(2)3/h5-7,9-12,15,21,27H,8,13-14H2,1-4H3/b22-20+/t21-/m1/s1. The van der Waals surface area contributed by atoms with Crippen LogP contribution in [0.2, 0.25) is 0 Å². The lowest BCUT2D eigenvalue weighted by Crippen LogP contribution is -2.32. The first kappa shape index (κ1) is 21.6. The number of ether oxygens (including phenoxy) is 1. The number of nitrogens with zero attached hydrogens (tertiary/aromatic N) is 2. The van der Waals surface area contributed by atoms with E-state index in [0.717, 1.165) is 24.1 Å². The SMILES string of the molecule is COc1ccc(/C(O)=C2\C(=O)C(=O)N(CCCN(C)C)[C@@H]2c2ccccc2)c(C)c1. The van der Waals surface area contributed by atoms with E-state index in [2.05, 4.69) is 0 Å². The minimum atomic E-state index is -0.651. The summed E-state index contributed by atoms with van der Waals surface area (Å²) in [5, 5.41) is 11.1. The van der Waals surface area contributed by atoms with Crippen LogP contribution in [0.15, 0.2) is 54.1 Å². The number of amides is 1. The zero-order valence-electron chi connectivity index (χ0n) is 17.9. The Balaban J connectivity index is 2.09. The van der Waals surface area contributed by atoms with Crippen molar-refractivity contribution in [3.8, 4) is 5.75 Å². The first-order valence-electron chi connectivity index (χ1n) is 9.98. The third kappa shape index (κ3) is 4.24.